The summed E-state index contributed by atoms with van der Waals surface area (Å²) in [5, 5.41) is 6.87. The first-order valence-corrected chi connectivity index (χ1v) is 9.70. The zero-order valence-electron chi connectivity index (χ0n) is 16.1. The second-order valence-corrected chi connectivity index (χ2v) is 6.80. The third-order valence-electron chi connectivity index (χ3n) is 4.84. The fourth-order valence-corrected chi connectivity index (χ4v) is 3.35. The van der Waals surface area contributed by atoms with Gasteiger partial charge in [0.25, 0.3) is 0 Å². The molecule has 9 heteroatoms. The van der Waals surface area contributed by atoms with E-state index in [1.165, 1.54) is 0 Å². The van der Waals surface area contributed by atoms with Crippen molar-refractivity contribution in [1.82, 2.24) is 30.6 Å². The quantitative estimate of drug-likeness (QED) is 0.551. The van der Waals surface area contributed by atoms with Crippen LogP contribution in [0, 0.1) is 5.92 Å². The van der Waals surface area contributed by atoms with Crippen LogP contribution in [0.5, 0.6) is 0 Å². The molecule has 1 saturated heterocycles. The van der Waals surface area contributed by atoms with E-state index in [-0.39, 0.29) is 17.9 Å². The van der Waals surface area contributed by atoms with Crippen LogP contribution in [-0.2, 0) is 16.0 Å². The topological polar surface area (TPSA) is 118 Å². The Morgan fingerprint density at radius 3 is 2.97 bits per heavy atom. The van der Waals surface area contributed by atoms with E-state index in [0.717, 1.165) is 30.7 Å². The first kappa shape index (κ1) is 19.0. The van der Waals surface area contributed by atoms with Crippen molar-refractivity contribution >= 4 is 11.7 Å². The molecule has 150 valence electrons. The average molecular weight is 393 g/mol. The van der Waals surface area contributed by atoms with Crippen LogP contribution in [0.2, 0.25) is 0 Å². The Bertz CT molecular complexity index is 947. The zero-order valence-corrected chi connectivity index (χ0v) is 16.1. The number of rotatable bonds is 6. The van der Waals surface area contributed by atoms with Crippen molar-refractivity contribution in [3.8, 4) is 11.5 Å². The highest BCUT2D eigenvalue weighted by molar-refractivity contribution is 5.80. The summed E-state index contributed by atoms with van der Waals surface area (Å²) in [5.74, 6) is 0.554. The molecule has 1 amide bonds. The number of hydrogen-bond donors (Lipinski definition) is 3. The highest BCUT2D eigenvalue weighted by Gasteiger charge is 2.34. The number of H-pyrrole nitrogens is 1. The maximum absolute atomic E-state index is 12.8. The molecule has 0 saturated carbocycles. The van der Waals surface area contributed by atoms with Gasteiger partial charge in [0, 0.05) is 30.8 Å². The van der Waals surface area contributed by atoms with E-state index in [0.29, 0.717) is 23.9 Å². The number of carbonyl (C=O) groups is 1. The van der Waals surface area contributed by atoms with Crippen LogP contribution in [-0.4, -0.2) is 37.7 Å². The summed E-state index contributed by atoms with van der Waals surface area (Å²) >= 11 is 0. The summed E-state index contributed by atoms with van der Waals surface area (Å²) in [6.07, 6.45) is 5.33. The van der Waals surface area contributed by atoms with Gasteiger partial charge in [0.2, 0.25) is 5.91 Å². The molecule has 29 heavy (non-hydrogen) atoms. The van der Waals surface area contributed by atoms with Crippen LogP contribution in [0.25, 0.3) is 11.5 Å². The van der Waals surface area contributed by atoms with Crippen LogP contribution >= 0.6 is 0 Å². The number of anilines is 1. The number of aromatic nitrogens is 5. The van der Waals surface area contributed by atoms with E-state index in [1.54, 1.807) is 12.4 Å². The standard InChI is InChI=1S/C20H23N7O2/c1-2-13-12-17(24-19(23-13)16-7-3-4-9-21-16)26-27-20(28)14-6-5-11-29-18(14)15-8-10-22-25-15/h3-4,7-10,12,14,18H,2,5-6,11H2,1H3,(H,22,25)(H,27,28)(H,23,24,26)/t14-,18-/m1/s1. The Kier molecular flexibility index (Phi) is 5.76. The molecular weight excluding hydrogens is 370 g/mol. The molecule has 0 radical (unpaired) electrons. The molecule has 1 aliphatic heterocycles. The molecule has 3 aromatic heterocycles. The van der Waals surface area contributed by atoms with Crippen molar-refractivity contribution in [3.63, 3.8) is 0 Å². The minimum Gasteiger partial charge on any atom is -0.371 e. The van der Waals surface area contributed by atoms with Crippen molar-refractivity contribution in [2.75, 3.05) is 12.0 Å². The maximum Gasteiger partial charge on any atom is 0.244 e. The number of hydrogen-bond acceptors (Lipinski definition) is 7. The number of carbonyl (C=O) groups excluding carboxylic acids is 1. The predicted molar refractivity (Wildman–Crippen MR) is 106 cm³/mol. The lowest BCUT2D eigenvalue weighted by Gasteiger charge is -2.30. The SMILES string of the molecule is CCc1cc(NNC(=O)[C@@H]2CCCO[C@H]2c2ccn[nH]2)nc(-c2ccccn2)n1. The lowest BCUT2D eigenvalue weighted by atomic mass is 9.91. The molecule has 0 aromatic carbocycles. The Morgan fingerprint density at radius 1 is 1.28 bits per heavy atom. The van der Waals surface area contributed by atoms with E-state index < -0.39 is 0 Å². The normalized spacial score (nSPS) is 18.9. The smallest absolute Gasteiger partial charge is 0.244 e. The molecule has 0 bridgehead atoms. The number of nitrogens with zero attached hydrogens (tertiary/aromatic N) is 4. The van der Waals surface area contributed by atoms with Gasteiger partial charge < -0.3 is 4.74 Å². The molecule has 0 unspecified atom stereocenters. The number of ether oxygens (including phenoxy) is 1. The zero-order chi connectivity index (χ0) is 20.1. The molecule has 4 rings (SSSR count). The van der Waals surface area contributed by atoms with Crippen LogP contribution in [0.3, 0.4) is 0 Å². The van der Waals surface area contributed by atoms with Crippen molar-refractivity contribution in [3.05, 3.63) is 54.1 Å². The fraction of sp³-hybridized carbons (Fsp3) is 0.350. The second-order valence-electron chi connectivity index (χ2n) is 6.80. The molecule has 4 heterocycles. The third kappa shape index (κ3) is 4.40. The van der Waals surface area contributed by atoms with Gasteiger partial charge in [0.1, 0.15) is 17.6 Å². The van der Waals surface area contributed by atoms with Gasteiger partial charge in [-0.1, -0.05) is 13.0 Å². The van der Waals surface area contributed by atoms with E-state index >= 15 is 0 Å². The Morgan fingerprint density at radius 2 is 2.21 bits per heavy atom. The Balaban J connectivity index is 1.48. The molecule has 0 spiro atoms. The van der Waals surface area contributed by atoms with Gasteiger partial charge in [-0.2, -0.15) is 5.10 Å². The first-order valence-electron chi connectivity index (χ1n) is 9.70. The van der Waals surface area contributed by atoms with Gasteiger partial charge in [-0.15, -0.1) is 0 Å². The van der Waals surface area contributed by atoms with Crippen molar-refractivity contribution in [1.29, 1.82) is 0 Å². The summed E-state index contributed by atoms with van der Waals surface area (Å²) in [5.41, 5.74) is 8.05. The lowest BCUT2D eigenvalue weighted by molar-refractivity contribution is -0.134. The van der Waals surface area contributed by atoms with E-state index in [2.05, 4.69) is 36.0 Å². The van der Waals surface area contributed by atoms with E-state index in [4.69, 9.17) is 4.74 Å². The van der Waals surface area contributed by atoms with Crippen molar-refractivity contribution < 1.29 is 9.53 Å². The molecule has 3 aromatic rings. The summed E-state index contributed by atoms with van der Waals surface area (Å²) < 4.78 is 5.83. The van der Waals surface area contributed by atoms with Gasteiger partial charge in [-0.3, -0.25) is 25.7 Å². The summed E-state index contributed by atoms with van der Waals surface area (Å²) in [4.78, 5) is 26.2. The molecular formula is C20H23N7O2. The second kappa shape index (κ2) is 8.78. The average Bonchev–Trinajstić information content (AvgIpc) is 3.32. The summed E-state index contributed by atoms with van der Waals surface area (Å²) in [7, 11) is 0. The maximum atomic E-state index is 12.8. The molecule has 0 aliphatic carbocycles. The minimum atomic E-state index is -0.339. The van der Waals surface area contributed by atoms with Gasteiger partial charge in [0.15, 0.2) is 5.82 Å². The predicted octanol–water partition coefficient (Wildman–Crippen LogP) is 2.44. The number of hydrazine groups is 1. The highest BCUT2D eigenvalue weighted by Crippen LogP contribution is 2.32. The molecule has 1 aliphatic rings. The Hall–Kier alpha value is -3.33. The minimum absolute atomic E-state index is 0.152. The van der Waals surface area contributed by atoms with Crippen LogP contribution in [0.4, 0.5) is 5.82 Å². The summed E-state index contributed by atoms with van der Waals surface area (Å²) in [6.45, 7) is 2.64. The van der Waals surface area contributed by atoms with Gasteiger partial charge in [-0.05, 0) is 37.5 Å². The van der Waals surface area contributed by atoms with Crippen LogP contribution in [0.15, 0.2) is 42.7 Å². The number of nitrogens with one attached hydrogen (secondary N) is 3. The number of pyridine rings is 1. The molecule has 1 fully saturated rings. The number of amides is 1. The fourth-order valence-electron chi connectivity index (χ4n) is 3.35. The first-order chi connectivity index (χ1) is 14.2. The van der Waals surface area contributed by atoms with Crippen LogP contribution < -0.4 is 10.9 Å². The Labute approximate surface area is 168 Å². The monoisotopic (exact) mass is 393 g/mol. The lowest BCUT2D eigenvalue weighted by Crippen LogP contribution is -2.40. The molecule has 9 nitrogen and oxygen atoms in total. The van der Waals surface area contributed by atoms with Gasteiger partial charge in [-0.25, -0.2) is 9.97 Å². The van der Waals surface area contributed by atoms with E-state index in [9.17, 15) is 4.79 Å². The largest absolute Gasteiger partial charge is 0.371 e. The summed E-state index contributed by atoms with van der Waals surface area (Å²) in [6, 6.07) is 9.23. The van der Waals surface area contributed by atoms with Gasteiger partial charge >= 0.3 is 0 Å². The molecule has 2 atom stereocenters. The van der Waals surface area contributed by atoms with Gasteiger partial charge in [0.05, 0.1) is 11.6 Å². The van der Waals surface area contributed by atoms with E-state index in [1.807, 2.05) is 37.3 Å². The number of aromatic amines is 1. The highest BCUT2D eigenvalue weighted by atomic mass is 16.5. The third-order valence-corrected chi connectivity index (χ3v) is 4.84. The van der Waals surface area contributed by atoms with Crippen molar-refractivity contribution in [2.45, 2.75) is 32.3 Å². The van der Waals surface area contributed by atoms with Crippen molar-refractivity contribution in [2.24, 2.45) is 5.92 Å². The number of aryl methyl sites for hydroxylation is 1. The van der Waals surface area contributed by atoms with Crippen LogP contribution in [0.1, 0.15) is 37.3 Å². The molecule has 3 N–H and O–H groups in total.